The summed E-state index contributed by atoms with van der Waals surface area (Å²) >= 11 is 1.39. The number of fused-ring (bicyclic) bond motifs is 1. The minimum absolute atomic E-state index is 0.125. The maximum Gasteiger partial charge on any atom is 0.268 e. The molecule has 5 heteroatoms. The number of H-pyrrole nitrogens is 1. The predicted molar refractivity (Wildman–Crippen MR) is 72.1 cm³/mol. The number of phenols is 1. The lowest BCUT2D eigenvalue weighted by atomic mass is 10.1. The monoisotopic (exact) mass is 258 g/mol. The molecule has 18 heavy (non-hydrogen) atoms. The molecule has 0 aliphatic rings. The van der Waals surface area contributed by atoms with Crippen LogP contribution in [0, 0.1) is 6.92 Å². The third-order valence-electron chi connectivity index (χ3n) is 2.82. The molecule has 0 spiro atoms. The van der Waals surface area contributed by atoms with E-state index in [9.17, 15) is 9.90 Å². The lowest BCUT2D eigenvalue weighted by Gasteiger charge is -2.00. The summed E-state index contributed by atoms with van der Waals surface area (Å²) in [6.07, 6.45) is 1.41. The van der Waals surface area contributed by atoms with Crippen LogP contribution in [0.3, 0.4) is 0 Å². The van der Waals surface area contributed by atoms with Crippen LogP contribution in [-0.4, -0.2) is 15.1 Å². The normalized spacial score (nSPS) is 10.9. The number of benzene rings is 1. The third-order valence-corrected chi connectivity index (χ3v) is 4.15. The third kappa shape index (κ3) is 1.60. The number of nitrogens with zero attached hydrogens (tertiary/aromatic N) is 1. The zero-order valence-electron chi connectivity index (χ0n) is 9.60. The van der Waals surface area contributed by atoms with Crippen molar-refractivity contribution in [3.8, 4) is 16.2 Å². The van der Waals surface area contributed by atoms with Crippen LogP contribution in [-0.2, 0) is 0 Å². The summed E-state index contributed by atoms with van der Waals surface area (Å²) in [5.74, 6) is 0.214. The number of aromatic hydroxyl groups is 1. The first-order valence-corrected chi connectivity index (χ1v) is 6.24. The van der Waals surface area contributed by atoms with Gasteiger partial charge in [0.25, 0.3) is 5.56 Å². The van der Waals surface area contributed by atoms with Gasteiger partial charge in [-0.3, -0.25) is 4.79 Å². The Bertz CT molecular complexity index is 789. The molecule has 4 nitrogen and oxygen atoms in total. The van der Waals surface area contributed by atoms with Gasteiger partial charge in [-0.25, -0.2) is 4.98 Å². The maximum absolute atomic E-state index is 11.7. The fourth-order valence-electron chi connectivity index (χ4n) is 1.96. The summed E-state index contributed by atoms with van der Waals surface area (Å²) < 4.78 is 0.619. The highest BCUT2D eigenvalue weighted by molar-refractivity contribution is 7.22. The SMILES string of the molecule is Cc1c(-c2cccc(O)c2)sc2c(=O)[nH]cnc12. The van der Waals surface area contributed by atoms with Crippen molar-refractivity contribution in [3.63, 3.8) is 0 Å². The van der Waals surface area contributed by atoms with Crippen molar-refractivity contribution in [1.29, 1.82) is 0 Å². The highest BCUT2D eigenvalue weighted by Gasteiger charge is 2.13. The van der Waals surface area contributed by atoms with Crippen LogP contribution in [0.2, 0.25) is 0 Å². The quantitative estimate of drug-likeness (QED) is 0.705. The summed E-state index contributed by atoms with van der Waals surface area (Å²) in [5, 5.41) is 9.52. The Morgan fingerprint density at radius 1 is 1.39 bits per heavy atom. The molecule has 0 fully saturated rings. The molecular formula is C13H10N2O2S. The average molecular weight is 258 g/mol. The number of thiophene rings is 1. The van der Waals surface area contributed by atoms with Crippen LogP contribution in [0.4, 0.5) is 0 Å². The average Bonchev–Trinajstić information content (AvgIpc) is 2.69. The smallest absolute Gasteiger partial charge is 0.268 e. The minimum Gasteiger partial charge on any atom is -0.508 e. The zero-order valence-corrected chi connectivity index (χ0v) is 10.4. The van der Waals surface area contributed by atoms with Gasteiger partial charge in [0.15, 0.2) is 0 Å². The summed E-state index contributed by atoms with van der Waals surface area (Å²) in [7, 11) is 0. The van der Waals surface area contributed by atoms with Crippen molar-refractivity contribution in [2.75, 3.05) is 0 Å². The molecule has 0 saturated carbocycles. The number of aromatic amines is 1. The van der Waals surface area contributed by atoms with E-state index in [4.69, 9.17) is 0 Å². The standard InChI is InChI=1S/C13H10N2O2S/c1-7-10-12(13(17)15-6-14-10)18-11(7)8-3-2-4-9(16)5-8/h2-6,16H,1H3,(H,14,15,17). The van der Waals surface area contributed by atoms with Gasteiger partial charge < -0.3 is 10.1 Å². The highest BCUT2D eigenvalue weighted by atomic mass is 32.1. The van der Waals surface area contributed by atoms with Gasteiger partial charge in [0.1, 0.15) is 10.4 Å². The van der Waals surface area contributed by atoms with E-state index in [2.05, 4.69) is 9.97 Å². The fourth-order valence-corrected chi connectivity index (χ4v) is 3.11. The summed E-state index contributed by atoms with van der Waals surface area (Å²) in [5.41, 5.74) is 2.46. The molecule has 2 heterocycles. The van der Waals surface area contributed by atoms with Crippen LogP contribution in [0.25, 0.3) is 20.7 Å². The van der Waals surface area contributed by atoms with Crippen molar-refractivity contribution in [1.82, 2.24) is 9.97 Å². The molecule has 0 amide bonds. The van der Waals surface area contributed by atoms with Crippen LogP contribution < -0.4 is 5.56 Å². The van der Waals surface area contributed by atoms with Gasteiger partial charge in [0.05, 0.1) is 11.8 Å². The van der Waals surface area contributed by atoms with E-state index in [1.807, 2.05) is 13.0 Å². The van der Waals surface area contributed by atoms with Crippen molar-refractivity contribution >= 4 is 21.6 Å². The molecule has 1 aromatic carbocycles. The van der Waals surface area contributed by atoms with Crippen LogP contribution in [0.15, 0.2) is 35.4 Å². The van der Waals surface area contributed by atoms with Crippen molar-refractivity contribution in [2.24, 2.45) is 0 Å². The first-order valence-electron chi connectivity index (χ1n) is 5.43. The maximum atomic E-state index is 11.7. The molecular weight excluding hydrogens is 248 g/mol. The second kappa shape index (κ2) is 3.96. The van der Waals surface area contributed by atoms with E-state index < -0.39 is 0 Å². The number of nitrogens with one attached hydrogen (secondary N) is 1. The Balaban J connectivity index is 2.34. The summed E-state index contributed by atoms with van der Waals surface area (Å²) in [4.78, 5) is 19.4. The minimum atomic E-state index is -0.125. The number of rotatable bonds is 1. The largest absolute Gasteiger partial charge is 0.508 e. The molecule has 3 aromatic rings. The molecule has 0 atom stereocenters. The Kier molecular flexibility index (Phi) is 2.41. The van der Waals surface area contributed by atoms with Crippen molar-refractivity contribution in [2.45, 2.75) is 6.92 Å². The Labute approximate surface area is 107 Å². The van der Waals surface area contributed by atoms with Crippen molar-refractivity contribution < 1.29 is 5.11 Å². The van der Waals surface area contributed by atoms with E-state index in [1.54, 1.807) is 18.2 Å². The Morgan fingerprint density at radius 3 is 2.94 bits per heavy atom. The predicted octanol–water partition coefficient (Wildman–Crippen LogP) is 2.67. The Morgan fingerprint density at radius 2 is 2.22 bits per heavy atom. The van der Waals surface area contributed by atoms with Gasteiger partial charge in [-0.1, -0.05) is 12.1 Å². The van der Waals surface area contributed by atoms with E-state index >= 15 is 0 Å². The van der Waals surface area contributed by atoms with Crippen LogP contribution in [0.1, 0.15) is 5.56 Å². The van der Waals surface area contributed by atoms with Crippen LogP contribution in [0.5, 0.6) is 5.75 Å². The van der Waals surface area contributed by atoms with Gasteiger partial charge in [0, 0.05) is 4.88 Å². The van der Waals surface area contributed by atoms with Gasteiger partial charge in [0.2, 0.25) is 0 Å². The van der Waals surface area contributed by atoms with E-state index in [1.165, 1.54) is 17.7 Å². The summed E-state index contributed by atoms with van der Waals surface area (Å²) in [6.45, 7) is 1.94. The van der Waals surface area contributed by atoms with E-state index in [0.717, 1.165) is 21.5 Å². The topological polar surface area (TPSA) is 66.0 Å². The molecule has 0 aliphatic carbocycles. The second-order valence-corrected chi connectivity index (χ2v) is 5.04. The van der Waals surface area contributed by atoms with Crippen molar-refractivity contribution in [3.05, 3.63) is 46.5 Å². The van der Waals surface area contributed by atoms with E-state index in [-0.39, 0.29) is 11.3 Å². The van der Waals surface area contributed by atoms with Gasteiger partial charge in [-0.15, -0.1) is 11.3 Å². The molecule has 0 bridgehead atoms. The molecule has 0 saturated heterocycles. The van der Waals surface area contributed by atoms with E-state index in [0.29, 0.717) is 4.70 Å². The Hall–Kier alpha value is -2.14. The number of aryl methyl sites for hydroxylation is 1. The zero-order chi connectivity index (χ0) is 12.7. The molecule has 90 valence electrons. The number of phenolic OH excluding ortho intramolecular Hbond substituents is 1. The lowest BCUT2D eigenvalue weighted by Crippen LogP contribution is -2.03. The second-order valence-electron chi connectivity index (χ2n) is 4.02. The molecule has 2 N–H and O–H groups in total. The first-order chi connectivity index (χ1) is 8.66. The number of hydrogen-bond acceptors (Lipinski definition) is 4. The van der Waals surface area contributed by atoms with Crippen LogP contribution >= 0.6 is 11.3 Å². The first kappa shape index (κ1) is 11.0. The molecule has 0 radical (unpaired) electrons. The lowest BCUT2D eigenvalue weighted by molar-refractivity contribution is 0.475. The van der Waals surface area contributed by atoms with Gasteiger partial charge in [-0.05, 0) is 30.2 Å². The molecule has 2 aromatic heterocycles. The summed E-state index contributed by atoms with van der Waals surface area (Å²) in [6, 6.07) is 7.00. The fraction of sp³-hybridized carbons (Fsp3) is 0.0769. The number of hydrogen-bond donors (Lipinski definition) is 2. The van der Waals surface area contributed by atoms with Gasteiger partial charge >= 0.3 is 0 Å². The number of aromatic nitrogens is 2. The molecule has 0 unspecified atom stereocenters. The highest BCUT2D eigenvalue weighted by Crippen LogP contribution is 2.36. The van der Waals surface area contributed by atoms with Gasteiger partial charge in [-0.2, -0.15) is 0 Å². The molecule has 3 rings (SSSR count). The molecule has 0 aliphatic heterocycles.